The summed E-state index contributed by atoms with van der Waals surface area (Å²) in [6.07, 6.45) is 3.63. The highest BCUT2D eigenvalue weighted by atomic mass is 16.4. The van der Waals surface area contributed by atoms with Crippen molar-refractivity contribution in [1.29, 1.82) is 0 Å². The van der Waals surface area contributed by atoms with E-state index in [1.165, 1.54) is 4.90 Å². The molecule has 1 rings (SSSR count). The van der Waals surface area contributed by atoms with Crippen LogP contribution in [0.3, 0.4) is 0 Å². The highest BCUT2D eigenvalue weighted by Gasteiger charge is 2.17. The normalized spacial score (nSPS) is 14.8. The van der Waals surface area contributed by atoms with E-state index in [4.69, 9.17) is 5.11 Å². The Balaban J connectivity index is 2.20. The number of carboxylic acids is 1. The van der Waals surface area contributed by atoms with Crippen LogP contribution < -0.4 is 5.32 Å². The minimum absolute atomic E-state index is 0.00209. The number of hydrogen-bond donors (Lipinski definition) is 2. The summed E-state index contributed by atoms with van der Waals surface area (Å²) in [6, 6.07) is -0.347. The first kappa shape index (κ1) is 16.3. The number of carbonyl (C=O) groups excluding carboxylic acids is 2. The van der Waals surface area contributed by atoms with Crippen molar-refractivity contribution in [2.75, 3.05) is 33.2 Å². The van der Waals surface area contributed by atoms with Gasteiger partial charge >= 0.3 is 12.0 Å². The molecule has 114 valence electrons. The second-order valence-electron chi connectivity index (χ2n) is 5.02. The van der Waals surface area contributed by atoms with Crippen LogP contribution in [-0.4, -0.2) is 66.0 Å². The Morgan fingerprint density at radius 2 is 1.85 bits per heavy atom. The Morgan fingerprint density at radius 3 is 2.45 bits per heavy atom. The fourth-order valence-electron chi connectivity index (χ4n) is 2.11. The number of carboxylic acid groups (broad SMARTS) is 1. The summed E-state index contributed by atoms with van der Waals surface area (Å²) < 4.78 is 0. The van der Waals surface area contributed by atoms with Crippen LogP contribution in [0.25, 0.3) is 0 Å². The summed E-state index contributed by atoms with van der Waals surface area (Å²) in [5.41, 5.74) is 0. The van der Waals surface area contributed by atoms with E-state index in [-0.39, 0.29) is 24.9 Å². The van der Waals surface area contributed by atoms with Gasteiger partial charge in [0.05, 0.1) is 6.54 Å². The number of hydrogen-bond acceptors (Lipinski definition) is 3. The zero-order valence-electron chi connectivity index (χ0n) is 11.9. The first-order chi connectivity index (χ1) is 9.50. The molecule has 1 aliphatic heterocycles. The van der Waals surface area contributed by atoms with Gasteiger partial charge in [-0.15, -0.1) is 0 Å². The van der Waals surface area contributed by atoms with Crippen LogP contribution in [0.1, 0.15) is 32.1 Å². The maximum absolute atomic E-state index is 11.8. The van der Waals surface area contributed by atoms with Gasteiger partial charge in [0.15, 0.2) is 0 Å². The molecule has 0 aromatic carbocycles. The second kappa shape index (κ2) is 8.39. The summed E-state index contributed by atoms with van der Waals surface area (Å²) >= 11 is 0. The van der Waals surface area contributed by atoms with E-state index in [0.29, 0.717) is 13.0 Å². The summed E-state index contributed by atoms with van der Waals surface area (Å²) in [5.74, 6) is -0.934. The van der Waals surface area contributed by atoms with Crippen LogP contribution in [0, 0.1) is 0 Å². The molecule has 7 heteroatoms. The molecular weight excluding hydrogens is 262 g/mol. The summed E-state index contributed by atoms with van der Waals surface area (Å²) in [4.78, 5) is 37.1. The van der Waals surface area contributed by atoms with Gasteiger partial charge in [-0.25, -0.2) is 4.79 Å². The smallest absolute Gasteiger partial charge is 0.317 e. The quantitative estimate of drug-likeness (QED) is 0.744. The second-order valence-corrected chi connectivity index (χ2v) is 5.02. The molecule has 0 radical (unpaired) electrons. The van der Waals surface area contributed by atoms with Crippen molar-refractivity contribution in [1.82, 2.24) is 15.1 Å². The molecule has 0 spiro atoms. The summed E-state index contributed by atoms with van der Waals surface area (Å²) in [6.45, 7) is 1.89. The molecule has 0 bridgehead atoms. The highest BCUT2D eigenvalue weighted by molar-refractivity contribution is 5.84. The molecule has 1 aliphatic rings. The predicted octanol–water partition coefficient (Wildman–Crippen LogP) is 0.505. The minimum atomic E-state index is -0.876. The molecule has 7 nitrogen and oxygen atoms in total. The molecular formula is C13H23N3O4. The third-order valence-corrected chi connectivity index (χ3v) is 3.33. The SMILES string of the molecule is CN(CCCC(=O)O)C(=O)NCC(=O)N1CCCCC1. The lowest BCUT2D eigenvalue weighted by atomic mass is 10.1. The Bertz CT molecular complexity index is 354. The number of nitrogens with one attached hydrogen (secondary N) is 1. The average Bonchev–Trinajstić information content (AvgIpc) is 2.44. The predicted molar refractivity (Wildman–Crippen MR) is 73.3 cm³/mol. The van der Waals surface area contributed by atoms with E-state index >= 15 is 0 Å². The first-order valence-corrected chi connectivity index (χ1v) is 6.99. The summed E-state index contributed by atoms with van der Waals surface area (Å²) in [5, 5.41) is 11.1. The van der Waals surface area contributed by atoms with E-state index in [1.807, 2.05) is 0 Å². The lowest BCUT2D eigenvalue weighted by molar-refractivity contribution is -0.137. The lowest BCUT2D eigenvalue weighted by Gasteiger charge is -2.27. The van der Waals surface area contributed by atoms with Crippen LogP contribution in [0.2, 0.25) is 0 Å². The van der Waals surface area contributed by atoms with Crippen LogP contribution in [0.5, 0.6) is 0 Å². The zero-order chi connectivity index (χ0) is 15.0. The van der Waals surface area contributed by atoms with Crippen molar-refractivity contribution in [2.24, 2.45) is 0 Å². The van der Waals surface area contributed by atoms with Gasteiger partial charge in [0.2, 0.25) is 5.91 Å². The third-order valence-electron chi connectivity index (χ3n) is 3.33. The molecule has 3 amide bonds. The average molecular weight is 285 g/mol. The number of urea groups is 1. The van der Waals surface area contributed by atoms with Crippen molar-refractivity contribution in [2.45, 2.75) is 32.1 Å². The molecule has 0 aromatic rings. The van der Waals surface area contributed by atoms with Crippen molar-refractivity contribution in [3.63, 3.8) is 0 Å². The van der Waals surface area contributed by atoms with Gasteiger partial charge in [-0.05, 0) is 25.7 Å². The van der Waals surface area contributed by atoms with E-state index in [0.717, 1.165) is 32.4 Å². The molecule has 2 N–H and O–H groups in total. The molecule has 0 atom stereocenters. The van der Waals surface area contributed by atoms with Gasteiger partial charge in [-0.2, -0.15) is 0 Å². The van der Waals surface area contributed by atoms with Gasteiger partial charge in [0, 0.05) is 33.1 Å². The molecule has 1 heterocycles. The van der Waals surface area contributed by atoms with Crippen molar-refractivity contribution < 1.29 is 19.5 Å². The van der Waals surface area contributed by atoms with Crippen molar-refractivity contribution >= 4 is 17.9 Å². The topological polar surface area (TPSA) is 90.0 Å². The Kier molecular flexibility index (Phi) is 6.83. The van der Waals surface area contributed by atoms with Crippen LogP contribution in [-0.2, 0) is 9.59 Å². The number of piperidine rings is 1. The molecule has 20 heavy (non-hydrogen) atoms. The standard InChI is InChI=1S/C13H23N3O4/c1-15(7-5-6-12(18)19)13(20)14-10-11(17)16-8-3-2-4-9-16/h2-10H2,1H3,(H,14,20)(H,18,19). The number of nitrogens with zero attached hydrogens (tertiary/aromatic N) is 2. The monoisotopic (exact) mass is 285 g/mol. The third kappa shape index (κ3) is 5.90. The van der Waals surface area contributed by atoms with Gasteiger partial charge < -0.3 is 20.2 Å². The number of amides is 3. The molecule has 1 fully saturated rings. The summed E-state index contributed by atoms with van der Waals surface area (Å²) in [7, 11) is 1.59. The molecule has 0 saturated carbocycles. The fourth-order valence-corrected chi connectivity index (χ4v) is 2.11. The Hall–Kier alpha value is -1.79. The number of carbonyl (C=O) groups is 3. The Labute approximate surface area is 118 Å². The first-order valence-electron chi connectivity index (χ1n) is 6.99. The maximum Gasteiger partial charge on any atom is 0.317 e. The van der Waals surface area contributed by atoms with Gasteiger partial charge in [0.1, 0.15) is 0 Å². The maximum atomic E-state index is 11.8. The van der Waals surface area contributed by atoms with Gasteiger partial charge in [-0.3, -0.25) is 9.59 Å². The van der Waals surface area contributed by atoms with Crippen molar-refractivity contribution in [3.05, 3.63) is 0 Å². The number of rotatable bonds is 6. The number of likely N-dealkylation sites (tertiary alicyclic amines) is 1. The highest BCUT2D eigenvalue weighted by Crippen LogP contribution is 2.08. The van der Waals surface area contributed by atoms with Crippen molar-refractivity contribution in [3.8, 4) is 0 Å². The fraction of sp³-hybridized carbons (Fsp3) is 0.769. The van der Waals surface area contributed by atoms with E-state index in [9.17, 15) is 14.4 Å². The van der Waals surface area contributed by atoms with Crippen LogP contribution in [0.4, 0.5) is 4.79 Å². The molecule has 0 aromatic heterocycles. The lowest BCUT2D eigenvalue weighted by Crippen LogP contribution is -2.45. The Morgan fingerprint density at radius 1 is 1.20 bits per heavy atom. The van der Waals surface area contributed by atoms with Crippen LogP contribution >= 0.6 is 0 Å². The van der Waals surface area contributed by atoms with Gasteiger partial charge in [-0.1, -0.05) is 0 Å². The largest absolute Gasteiger partial charge is 0.481 e. The molecule has 1 saturated heterocycles. The minimum Gasteiger partial charge on any atom is -0.481 e. The van der Waals surface area contributed by atoms with E-state index in [1.54, 1.807) is 11.9 Å². The van der Waals surface area contributed by atoms with E-state index < -0.39 is 5.97 Å². The molecule has 0 unspecified atom stereocenters. The van der Waals surface area contributed by atoms with Crippen LogP contribution in [0.15, 0.2) is 0 Å². The number of aliphatic carboxylic acids is 1. The van der Waals surface area contributed by atoms with E-state index in [2.05, 4.69) is 5.32 Å². The molecule has 0 aliphatic carbocycles. The van der Waals surface area contributed by atoms with Gasteiger partial charge in [0.25, 0.3) is 0 Å². The zero-order valence-corrected chi connectivity index (χ0v) is 11.9.